The van der Waals surface area contributed by atoms with E-state index in [1.165, 1.54) is 37.9 Å². The van der Waals surface area contributed by atoms with Crippen molar-refractivity contribution in [2.45, 2.75) is 25.3 Å². The Balaban J connectivity index is 1.69. The molecule has 3 nitrogen and oxygen atoms in total. The molecule has 1 amide bonds. The van der Waals surface area contributed by atoms with Crippen LogP contribution in [-0.2, 0) is 0 Å². The summed E-state index contributed by atoms with van der Waals surface area (Å²) < 4.78 is 12.9. The Labute approximate surface area is 113 Å². The van der Waals surface area contributed by atoms with Gasteiger partial charge in [0.2, 0.25) is 0 Å². The number of hydrogen-bond acceptors (Lipinski definition) is 2. The van der Waals surface area contributed by atoms with E-state index in [1.54, 1.807) is 12.1 Å². The number of carbonyl (C=O) groups excluding carboxylic acids is 1. The number of piperidine rings is 1. The molecule has 2 fully saturated rings. The summed E-state index contributed by atoms with van der Waals surface area (Å²) in [5.41, 5.74) is 0.589. The lowest BCUT2D eigenvalue weighted by molar-refractivity contribution is 0.0372. The van der Waals surface area contributed by atoms with Crippen LogP contribution in [0.25, 0.3) is 0 Å². The molecule has 0 aromatic heterocycles. The van der Waals surface area contributed by atoms with E-state index >= 15 is 0 Å². The smallest absolute Gasteiger partial charge is 0.253 e. The maximum Gasteiger partial charge on any atom is 0.253 e. The Morgan fingerprint density at radius 1 is 1.11 bits per heavy atom. The fourth-order valence-electron chi connectivity index (χ4n) is 3.12. The average molecular weight is 262 g/mol. The van der Waals surface area contributed by atoms with Gasteiger partial charge < -0.3 is 4.90 Å². The highest BCUT2D eigenvalue weighted by Crippen LogP contribution is 2.22. The van der Waals surface area contributed by atoms with Gasteiger partial charge in [0.15, 0.2) is 0 Å². The van der Waals surface area contributed by atoms with Crippen molar-refractivity contribution in [2.24, 2.45) is 0 Å². The molecule has 3 rings (SSSR count). The minimum atomic E-state index is -0.298. The summed E-state index contributed by atoms with van der Waals surface area (Å²) in [5, 5.41) is 0. The summed E-state index contributed by atoms with van der Waals surface area (Å²) in [6.07, 6.45) is 3.73. The van der Waals surface area contributed by atoms with E-state index in [2.05, 4.69) is 4.90 Å². The van der Waals surface area contributed by atoms with Crippen molar-refractivity contribution in [3.05, 3.63) is 35.6 Å². The Hall–Kier alpha value is -1.42. The third kappa shape index (κ3) is 2.63. The van der Waals surface area contributed by atoms with Crippen LogP contribution >= 0.6 is 0 Å². The zero-order valence-electron chi connectivity index (χ0n) is 11.0. The van der Waals surface area contributed by atoms with Gasteiger partial charge in [0.1, 0.15) is 5.82 Å². The number of amides is 1. The standard InChI is InChI=1S/C15H19FN2O/c16-13-6-4-12(5-7-13)15(19)18-10-9-17-8-2-1-3-14(17)11-18/h4-7,14H,1-3,8-11H2. The van der Waals surface area contributed by atoms with Crippen LogP contribution in [0, 0.1) is 5.82 Å². The molecule has 102 valence electrons. The van der Waals surface area contributed by atoms with Gasteiger partial charge in [0.25, 0.3) is 5.91 Å². The predicted molar refractivity (Wildman–Crippen MR) is 71.5 cm³/mol. The van der Waals surface area contributed by atoms with Gasteiger partial charge in [-0.2, -0.15) is 0 Å². The van der Waals surface area contributed by atoms with Gasteiger partial charge in [0, 0.05) is 31.2 Å². The SMILES string of the molecule is O=C(c1ccc(F)cc1)N1CCN2CCCCC2C1. The van der Waals surface area contributed by atoms with Crippen LogP contribution in [0.5, 0.6) is 0 Å². The molecule has 2 aliphatic rings. The number of nitrogens with zero attached hydrogens (tertiary/aromatic N) is 2. The predicted octanol–water partition coefficient (Wildman–Crippen LogP) is 2.14. The second-order valence-electron chi connectivity index (χ2n) is 5.44. The van der Waals surface area contributed by atoms with Gasteiger partial charge in [-0.3, -0.25) is 9.69 Å². The van der Waals surface area contributed by atoms with Crippen LogP contribution < -0.4 is 0 Å². The number of benzene rings is 1. The van der Waals surface area contributed by atoms with E-state index in [-0.39, 0.29) is 11.7 Å². The molecule has 1 aromatic rings. The van der Waals surface area contributed by atoms with E-state index in [4.69, 9.17) is 0 Å². The third-order valence-electron chi connectivity index (χ3n) is 4.22. The first-order valence-corrected chi connectivity index (χ1v) is 7.03. The quantitative estimate of drug-likeness (QED) is 0.774. The van der Waals surface area contributed by atoms with Crippen molar-refractivity contribution in [2.75, 3.05) is 26.2 Å². The van der Waals surface area contributed by atoms with Gasteiger partial charge >= 0.3 is 0 Å². The summed E-state index contributed by atoms with van der Waals surface area (Å²) in [7, 11) is 0. The van der Waals surface area contributed by atoms with E-state index in [1.807, 2.05) is 4.90 Å². The number of carbonyl (C=O) groups is 1. The molecule has 0 saturated carbocycles. The molecule has 2 saturated heterocycles. The van der Waals surface area contributed by atoms with Gasteiger partial charge in [-0.05, 0) is 43.7 Å². The van der Waals surface area contributed by atoms with Crippen LogP contribution in [0.4, 0.5) is 4.39 Å². The van der Waals surface area contributed by atoms with E-state index in [9.17, 15) is 9.18 Å². The lowest BCUT2D eigenvalue weighted by atomic mass is 9.99. The molecule has 2 aliphatic heterocycles. The molecule has 0 aliphatic carbocycles. The lowest BCUT2D eigenvalue weighted by Gasteiger charge is -2.44. The van der Waals surface area contributed by atoms with E-state index < -0.39 is 0 Å². The first-order chi connectivity index (χ1) is 9.24. The fraction of sp³-hybridized carbons (Fsp3) is 0.533. The van der Waals surface area contributed by atoms with Gasteiger partial charge in [-0.15, -0.1) is 0 Å². The van der Waals surface area contributed by atoms with Gasteiger partial charge in [-0.1, -0.05) is 6.42 Å². The number of fused-ring (bicyclic) bond motifs is 1. The molecule has 0 radical (unpaired) electrons. The van der Waals surface area contributed by atoms with Crippen LogP contribution in [0.3, 0.4) is 0 Å². The maximum absolute atomic E-state index is 12.9. The monoisotopic (exact) mass is 262 g/mol. The van der Waals surface area contributed by atoms with E-state index in [0.29, 0.717) is 11.6 Å². The zero-order chi connectivity index (χ0) is 13.2. The van der Waals surface area contributed by atoms with Crippen molar-refractivity contribution >= 4 is 5.91 Å². The lowest BCUT2D eigenvalue weighted by Crippen LogP contribution is -2.56. The number of hydrogen-bond donors (Lipinski definition) is 0. The summed E-state index contributed by atoms with van der Waals surface area (Å²) in [5.74, 6) is -0.265. The molecular formula is C15H19FN2O. The van der Waals surface area contributed by atoms with Crippen molar-refractivity contribution < 1.29 is 9.18 Å². The number of rotatable bonds is 1. The minimum Gasteiger partial charge on any atom is -0.336 e. The summed E-state index contributed by atoms with van der Waals surface area (Å²) in [4.78, 5) is 16.8. The number of piperazine rings is 1. The average Bonchev–Trinajstić information content (AvgIpc) is 2.47. The molecule has 19 heavy (non-hydrogen) atoms. The third-order valence-corrected chi connectivity index (χ3v) is 4.22. The van der Waals surface area contributed by atoms with Crippen LogP contribution in [0.2, 0.25) is 0 Å². The van der Waals surface area contributed by atoms with Crippen molar-refractivity contribution in [3.8, 4) is 0 Å². The zero-order valence-corrected chi connectivity index (χ0v) is 11.0. The first kappa shape index (κ1) is 12.6. The summed E-state index contributed by atoms with van der Waals surface area (Å²) in [6.45, 7) is 3.74. The Morgan fingerprint density at radius 2 is 1.89 bits per heavy atom. The molecule has 0 bridgehead atoms. The second-order valence-corrected chi connectivity index (χ2v) is 5.44. The fourth-order valence-corrected chi connectivity index (χ4v) is 3.12. The molecule has 1 aromatic carbocycles. The second kappa shape index (κ2) is 5.29. The Morgan fingerprint density at radius 3 is 2.68 bits per heavy atom. The largest absolute Gasteiger partial charge is 0.336 e. The van der Waals surface area contributed by atoms with Crippen LogP contribution in [0.1, 0.15) is 29.6 Å². The van der Waals surface area contributed by atoms with Crippen LogP contribution in [0.15, 0.2) is 24.3 Å². The molecule has 0 N–H and O–H groups in total. The maximum atomic E-state index is 12.9. The molecular weight excluding hydrogens is 243 g/mol. The highest BCUT2D eigenvalue weighted by Gasteiger charge is 2.31. The first-order valence-electron chi connectivity index (χ1n) is 7.03. The molecule has 2 heterocycles. The molecule has 1 atom stereocenters. The highest BCUT2D eigenvalue weighted by atomic mass is 19.1. The number of halogens is 1. The highest BCUT2D eigenvalue weighted by molar-refractivity contribution is 5.94. The molecule has 0 spiro atoms. The molecule has 4 heteroatoms. The van der Waals surface area contributed by atoms with Crippen LogP contribution in [-0.4, -0.2) is 47.9 Å². The Kier molecular flexibility index (Phi) is 3.51. The summed E-state index contributed by atoms with van der Waals surface area (Å²) in [6, 6.07) is 6.37. The molecule has 1 unspecified atom stereocenters. The topological polar surface area (TPSA) is 23.6 Å². The van der Waals surface area contributed by atoms with Gasteiger partial charge in [0.05, 0.1) is 0 Å². The Bertz CT molecular complexity index is 460. The minimum absolute atomic E-state index is 0.0326. The van der Waals surface area contributed by atoms with Crippen molar-refractivity contribution in [1.82, 2.24) is 9.80 Å². The van der Waals surface area contributed by atoms with Crippen molar-refractivity contribution in [1.29, 1.82) is 0 Å². The summed E-state index contributed by atoms with van der Waals surface area (Å²) >= 11 is 0. The van der Waals surface area contributed by atoms with Crippen molar-refractivity contribution in [3.63, 3.8) is 0 Å². The van der Waals surface area contributed by atoms with Gasteiger partial charge in [-0.25, -0.2) is 4.39 Å². The van der Waals surface area contributed by atoms with E-state index in [0.717, 1.165) is 19.6 Å². The normalized spacial score (nSPS) is 24.1.